The van der Waals surface area contributed by atoms with Crippen LogP contribution in [0.1, 0.15) is 47.5 Å². The first-order chi connectivity index (χ1) is 7.82. The molecule has 0 bridgehead atoms. The zero-order valence-corrected chi connectivity index (χ0v) is 12.2. The monoisotopic (exact) mass is 242 g/mol. The van der Waals surface area contributed by atoms with Crippen LogP contribution >= 0.6 is 0 Å². The van der Waals surface area contributed by atoms with Crippen LogP contribution in [0.5, 0.6) is 0 Å². The van der Waals surface area contributed by atoms with Crippen molar-refractivity contribution >= 4 is 0 Å². The normalized spacial score (nSPS) is 22.1. The van der Waals surface area contributed by atoms with E-state index in [1.165, 1.54) is 25.9 Å². The van der Waals surface area contributed by atoms with Gasteiger partial charge in [0.2, 0.25) is 0 Å². The van der Waals surface area contributed by atoms with Gasteiger partial charge in [-0.25, -0.2) is 0 Å². The van der Waals surface area contributed by atoms with Crippen LogP contribution in [0, 0.1) is 5.92 Å². The Labute approximate surface area is 107 Å². The topological polar surface area (TPSA) is 35.5 Å². The van der Waals surface area contributed by atoms with Gasteiger partial charge >= 0.3 is 0 Å². The molecule has 2 unspecified atom stereocenters. The van der Waals surface area contributed by atoms with E-state index in [-0.39, 0.29) is 6.04 Å². The van der Waals surface area contributed by atoms with Crippen molar-refractivity contribution in [2.45, 2.75) is 65.1 Å². The number of rotatable bonds is 6. The van der Waals surface area contributed by atoms with Crippen molar-refractivity contribution in [3.8, 4) is 0 Å². The molecule has 0 spiro atoms. The lowest BCUT2D eigenvalue weighted by Gasteiger charge is -2.34. The molecule has 0 saturated carbocycles. The maximum absolute atomic E-state index is 9.93. The average molecular weight is 242 g/mol. The van der Waals surface area contributed by atoms with E-state index in [1.807, 2.05) is 13.8 Å². The molecule has 1 saturated heterocycles. The predicted octanol–water partition coefficient (Wildman–Crippen LogP) is 1.86. The van der Waals surface area contributed by atoms with Gasteiger partial charge in [0.1, 0.15) is 0 Å². The van der Waals surface area contributed by atoms with E-state index < -0.39 is 5.60 Å². The second-order valence-corrected chi connectivity index (χ2v) is 6.34. The third-order valence-electron chi connectivity index (χ3n) is 4.07. The van der Waals surface area contributed by atoms with Crippen LogP contribution in [0.15, 0.2) is 0 Å². The van der Waals surface area contributed by atoms with E-state index in [9.17, 15) is 5.11 Å². The SMILES string of the molecule is CC(C)C(CNC(C)C(C)(C)O)N1CCCC1. The fraction of sp³-hybridized carbons (Fsp3) is 1.00. The maximum Gasteiger partial charge on any atom is 0.0741 e. The lowest BCUT2D eigenvalue weighted by atomic mass is 9.98. The molecule has 102 valence electrons. The van der Waals surface area contributed by atoms with Gasteiger partial charge in [-0.2, -0.15) is 0 Å². The van der Waals surface area contributed by atoms with E-state index in [4.69, 9.17) is 0 Å². The van der Waals surface area contributed by atoms with Crippen LogP contribution in [0.2, 0.25) is 0 Å². The Morgan fingerprint density at radius 1 is 1.18 bits per heavy atom. The zero-order chi connectivity index (χ0) is 13.1. The van der Waals surface area contributed by atoms with E-state index in [0.29, 0.717) is 12.0 Å². The van der Waals surface area contributed by atoms with Crippen LogP contribution in [0.4, 0.5) is 0 Å². The van der Waals surface area contributed by atoms with Gasteiger partial charge < -0.3 is 10.4 Å². The minimum Gasteiger partial charge on any atom is -0.389 e. The van der Waals surface area contributed by atoms with Gasteiger partial charge in [0, 0.05) is 18.6 Å². The van der Waals surface area contributed by atoms with Crippen LogP contribution in [0.3, 0.4) is 0 Å². The highest BCUT2D eigenvalue weighted by Gasteiger charge is 2.27. The Morgan fingerprint density at radius 2 is 1.71 bits per heavy atom. The number of nitrogens with zero attached hydrogens (tertiary/aromatic N) is 1. The first-order valence-corrected chi connectivity index (χ1v) is 7.02. The van der Waals surface area contributed by atoms with Crippen molar-refractivity contribution < 1.29 is 5.11 Å². The molecule has 0 aromatic heterocycles. The van der Waals surface area contributed by atoms with E-state index in [1.54, 1.807) is 0 Å². The smallest absolute Gasteiger partial charge is 0.0741 e. The van der Waals surface area contributed by atoms with Crippen molar-refractivity contribution in [2.75, 3.05) is 19.6 Å². The summed E-state index contributed by atoms with van der Waals surface area (Å²) < 4.78 is 0. The van der Waals surface area contributed by atoms with Gasteiger partial charge in [-0.3, -0.25) is 4.90 Å². The lowest BCUT2D eigenvalue weighted by molar-refractivity contribution is 0.0398. The van der Waals surface area contributed by atoms with E-state index >= 15 is 0 Å². The van der Waals surface area contributed by atoms with E-state index in [2.05, 4.69) is 31.0 Å². The maximum atomic E-state index is 9.93. The van der Waals surface area contributed by atoms with Crippen LogP contribution in [-0.4, -0.2) is 47.3 Å². The number of aliphatic hydroxyl groups is 1. The van der Waals surface area contributed by atoms with Crippen molar-refractivity contribution in [2.24, 2.45) is 5.92 Å². The summed E-state index contributed by atoms with van der Waals surface area (Å²) in [6.07, 6.45) is 2.68. The quantitative estimate of drug-likeness (QED) is 0.746. The summed E-state index contributed by atoms with van der Waals surface area (Å²) >= 11 is 0. The molecule has 1 fully saturated rings. The average Bonchev–Trinajstić information content (AvgIpc) is 2.69. The Bertz CT molecular complexity index is 217. The molecule has 3 nitrogen and oxygen atoms in total. The molecule has 1 aliphatic rings. The first kappa shape index (κ1) is 14.9. The van der Waals surface area contributed by atoms with Crippen LogP contribution < -0.4 is 5.32 Å². The minimum absolute atomic E-state index is 0.131. The Morgan fingerprint density at radius 3 is 2.12 bits per heavy atom. The summed E-state index contributed by atoms with van der Waals surface area (Å²) in [7, 11) is 0. The van der Waals surface area contributed by atoms with Crippen molar-refractivity contribution in [3.05, 3.63) is 0 Å². The van der Waals surface area contributed by atoms with Crippen LogP contribution in [0.25, 0.3) is 0 Å². The van der Waals surface area contributed by atoms with Gasteiger partial charge in [0.25, 0.3) is 0 Å². The predicted molar refractivity (Wildman–Crippen MR) is 73.2 cm³/mol. The molecule has 1 heterocycles. The molecule has 0 aliphatic carbocycles. The summed E-state index contributed by atoms with van der Waals surface area (Å²) in [6, 6.07) is 0.730. The van der Waals surface area contributed by atoms with Gasteiger partial charge in [-0.1, -0.05) is 13.8 Å². The lowest BCUT2D eigenvalue weighted by Crippen LogP contribution is -2.51. The number of hydrogen-bond acceptors (Lipinski definition) is 3. The Hall–Kier alpha value is -0.120. The number of nitrogens with one attached hydrogen (secondary N) is 1. The second kappa shape index (κ2) is 6.17. The van der Waals surface area contributed by atoms with Gasteiger partial charge in [-0.05, 0) is 52.6 Å². The van der Waals surface area contributed by atoms with E-state index in [0.717, 1.165) is 6.54 Å². The molecule has 1 aliphatic heterocycles. The molecule has 0 aromatic rings. The third kappa shape index (κ3) is 4.57. The highest BCUT2D eigenvalue weighted by atomic mass is 16.3. The fourth-order valence-electron chi connectivity index (χ4n) is 2.41. The summed E-state index contributed by atoms with van der Waals surface area (Å²) in [4.78, 5) is 2.59. The molecule has 0 aromatic carbocycles. The number of hydrogen-bond donors (Lipinski definition) is 2. The Balaban J connectivity index is 2.44. The fourth-order valence-corrected chi connectivity index (χ4v) is 2.41. The summed E-state index contributed by atoms with van der Waals surface area (Å²) in [5.74, 6) is 0.662. The van der Waals surface area contributed by atoms with Gasteiger partial charge in [-0.15, -0.1) is 0 Å². The summed E-state index contributed by atoms with van der Waals surface area (Å²) in [6.45, 7) is 13.8. The molecule has 2 N–H and O–H groups in total. The molecular formula is C14H30N2O. The molecule has 17 heavy (non-hydrogen) atoms. The van der Waals surface area contributed by atoms with Crippen molar-refractivity contribution in [1.82, 2.24) is 10.2 Å². The molecule has 0 radical (unpaired) electrons. The van der Waals surface area contributed by atoms with Crippen LogP contribution in [-0.2, 0) is 0 Å². The summed E-state index contributed by atoms with van der Waals surface area (Å²) in [5.41, 5.74) is -0.646. The third-order valence-corrected chi connectivity index (χ3v) is 4.07. The largest absolute Gasteiger partial charge is 0.389 e. The van der Waals surface area contributed by atoms with Crippen molar-refractivity contribution in [3.63, 3.8) is 0 Å². The molecule has 0 amide bonds. The standard InChI is InChI=1S/C14H30N2O/c1-11(2)13(16-8-6-7-9-16)10-15-12(3)14(4,5)17/h11-13,15,17H,6-10H2,1-5H3. The zero-order valence-electron chi connectivity index (χ0n) is 12.2. The van der Waals surface area contributed by atoms with Crippen molar-refractivity contribution in [1.29, 1.82) is 0 Å². The minimum atomic E-state index is -0.646. The molecule has 3 heteroatoms. The Kier molecular flexibility index (Phi) is 5.42. The molecule has 2 atom stereocenters. The molecule has 1 rings (SSSR count). The highest BCUT2D eigenvalue weighted by Crippen LogP contribution is 2.18. The first-order valence-electron chi connectivity index (χ1n) is 7.02. The van der Waals surface area contributed by atoms with Gasteiger partial charge in [0.15, 0.2) is 0 Å². The summed E-state index contributed by atoms with van der Waals surface area (Å²) in [5, 5.41) is 13.4. The second-order valence-electron chi connectivity index (χ2n) is 6.34. The number of likely N-dealkylation sites (tertiary alicyclic amines) is 1. The highest BCUT2D eigenvalue weighted by molar-refractivity contribution is 4.85. The molecular weight excluding hydrogens is 212 g/mol. The van der Waals surface area contributed by atoms with Gasteiger partial charge in [0.05, 0.1) is 5.60 Å².